The van der Waals surface area contributed by atoms with Gasteiger partial charge in [-0.3, -0.25) is 4.79 Å². The molecule has 20 heavy (non-hydrogen) atoms. The minimum absolute atomic E-state index is 0.0231. The number of nitrogens with zero attached hydrogens (tertiary/aromatic N) is 1. The van der Waals surface area contributed by atoms with Gasteiger partial charge in [0.2, 0.25) is 0 Å². The molecule has 0 aliphatic heterocycles. The Labute approximate surface area is 110 Å². The topological polar surface area (TPSA) is 52.2 Å². The van der Waals surface area contributed by atoms with Gasteiger partial charge in [0.25, 0.3) is 5.91 Å². The molecular weight excluding hydrogens is 268 g/mol. The summed E-state index contributed by atoms with van der Waals surface area (Å²) in [6, 6.07) is 8.32. The van der Waals surface area contributed by atoms with Gasteiger partial charge in [0.1, 0.15) is 11.6 Å². The molecule has 0 aliphatic carbocycles. The van der Waals surface area contributed by atoms with Gasteiger partial charge in [0.15, 0.2) is 0 Å². The molecule has 0 amide bonds. The molecule has 6 heteroatoms. The molecule has 0 spiro atoms. The standard InChI is InChI=1S/C14H7F2NO3/c15-9-3-1-2-8(6-9)13(18)17-12-5-4-10(16)7-11(12)14(19)20-17/h1-7H. The molecule has 0 bridgehead atoms. The van der Waals surface area contributed by atoms with Crippen LogP contribution in [0.25, 0.3) is 10.9 Å². The second-order valence-electron chi connectivity index (χ2n) is 4.15. The molecule has 4 nitrogen and oxygen atoms in total. The maximum atomic E-state index is 13.1. The summed E-state index contributed by atoms with van der Waals surface area (Å²) in [6.07, 6.45) is 0. The van der Waals surface area contributed by atoms with E-state index in [1.165, 1.54) is 24.3 Å². The fourth-order valence-corrected chi connectivity index (χ4v) is 1.92. The zero-order valence-electron chi connectivity index (χ0n) is 9.97. The molecule has 0 saturated heterocycles. The largest absolute Gasteiger partial charge is 0.366 e. The van der Waals surface area contributed by atoms with E-state index in [4.69, 9.17) is 4.52 Å². The predicted molar refractivity (Wildman–Crippen MR) is 66.6 cm³/mol. The van der Waals surface area contributed by atoms with Crippen molar-refractivity contribution in [3.63, 3.8) is 0 Å². The highest BCUT2D eigenvalue weighted by molar-refractivity contribution is 6.00. The minimum Gasteiger partial charge on any atom is -0.327 e. The normalized spacial score (nSPS) is 10.9. The second kappa shape index (κ2) is 4.41. The number of aromatic nitrogens is 1. The first kappa shape index (κ1) is 12.3. The van der Waals surface area contributed by atoms with Crippen LogP contribution in [0.1, 0.15) is 10.4 Å². The monoisotopic (exact) mass is 275 g/mol. The molecule has 0 atom stereocenters. The lowest BCUT2D eigenvalue weighted by Crippen LogP contribution is -2.11. The van der Waals surface area contributed by atoms with Gasteiger partial charge in [0, 0.05) is 5.56 Å². The highest BCUT2D eigenvalue weighted by Gasteiger charge is 2.17. The molecule has 0 N–H and O–H groups in total. The van der Waals surface area contributed by atoms with E-state index in [-0.39, 0.29) is 16.5 Å². The third-order valence-electron chi connectivity index (χ3n) is 2.83. The van der Waals surface area contributed by atoms with Crippen molar-refractivity contribution in [2.24, 2.45) is 0 Å². The van der Waals surface area contributed by atoms with Crippen molar-refractivity contribution in [1.29, 1.82) is 0 Å². The van der Waals surface area contributed by atoms with Crippen molar-refractivity contribution in [3.05, 3.63) is 70.1 Å². The first-order chi connectivity index (χ1) is 9.56. The van der Waals surface area contributed by atoms with Crippen LogP contribution in [-0.4, -0.2) is 10.6 Å². The molecule has 0 unspecified atom stereocenters. The van der Waals surface area contributed by atoms with Gasteiger partial charge < -0.3 is 4.52 Å². The van der Waals surface area contributed by atoms with E-state index in [2.05, 4.69) is 0 Å². The number of carbonyl (C=O) groups excluding carboxylic acids is 1. The van der Waals surface area contributed by atoms with Crippen LogP contribution in [0.5, 0.6) is 0 Å². The third-order valence-corrected chi connectivity index (χ3v) is 2.83. The summed E-state index contributed by atoms with van der Waals surface area (Å²) in [6.45, 7) is 0. The van der Waals surface area contributed by atoms with Gasteiger partial charge in [-0.05, 0) is 36.4 Å². The van der Waals surface area contributed by atoms with Crippen LogP contribution in [-0.2, 0) is 0 Å². The van der Waals surface area contributed by atoms with E-state index in [1.54, 1.807) is 0 Å². The van der Waals surface area contributed by atoms with Crippen molar-refractivity contribution in [2.45, 2.75) is 0 Å². The quantitative estimate of drug-likeness (QED) is 0.685. The first-order valence-electron chi connectivity index (χ1n) is 5.68. The fraction of sp³-hybridized carbons (Fsp3) is 0. The molecule has 3 rings (SSSR count). The second-order valence-corrected chi connectivity index (χ2v) is 4.15. The molecule has 100 valence electrons. The molecular formula is C14H7F2NO3. The highest BCUT2D eigenvalue weighted by atomic mass is 19.1. The molecule has 1 aromatic heterocycles. The van der Waals surface area contributed by atoms with Crippen LogP contribution in [0.3, 0.4) is 0 Å². The molecule has 0 saturated carbocycles. The Balaban J connectivity index is 2.20. The van der Waals surface area contributed by atoms with Crippen molar-refractivity contribution in [2.75, 3.05) is 0 Å². The Morgan fingerprint density at radius 3 is 2.55 bits per heavy atom. The van der Waals surface area contributed by atoms with Crippen LogP contribution in [0.4, 0.5) is 8.78 Å². The van der Waals surface area contributed by atoms with Gasteiger partial charge in [-0.15, -0.1) is 4.74 Å². The first-order valence-corrected chi connectivity index (χ1v) is 5.68. The predicted octanol–water partition coefficient (Wildman–Crippen LogP) is 2.56. The van der Waals surface area contributed by atoms with E-state index in [0.29, 0.717) is 0 Å². The fourth-order valence-electron chi connectivity index (χ4n) is 1.92. The van der Waals surface area contributed by atoms with Crippen LogP contribution in [0.2, 0.25) is 0 Å². The Bertz CT molecular complexity index is 880. The Kier molecular flexibility index (Phi) is 2.71. The van der Waals surface area contributed by atoms with Gasteiger partial charge >= 0.3 is 5.63 Å². The van der Waals surface area contributed by atoms with Crippen molar-refractivity contribution in [3.8, 4) is 0 Å². The Morgan fingerprint density at radius 2 is 1.80 bits per heavy atom. The number of hydrogen-bond donors (Lipinski definition) is 0. The smallest absolute Gasteiger partial charge is 0.327 e. The summed E-state index contributed by atoms with van der Waals surface area (Å²) in [5, 5.41) is -0.0465. The summed E-state index contributed by atoms with van der Waals surface area (Å²) in [7, 11) is 0. The molecule has 3 aromatic rings. The maximum absolute atomic E-state index is 13.1. The molecule has 0 aliphatic rings. The van der Waals surface area contributed by atoms with Crippen molar-refractivity contribution in [1.82, 2.24) is 4.74 Å². The number of fused-ring (bicyclic) bond motifs is 1. The maximum Gasteiger partial charge on any atom is 0.366 e. The molecule has 0 radical (unpaired) electrons. The Morgan fingerprint density at radius 1 is 1.05 bits per heavy atom. The highest BCUT2D eigenvalue weighted by Crippen LogP contribution is 2.15. The van der Waals surface area contributed by atoms with Gasteiger partial charge in [-0.1, -0.05) is 6.07 Å². The SMILES string of the molecule is O=C(c1cccc(F)c1)n1oc(=O)c2cc(F)ccc21. The van der Waals surface area contributed by atoms with Gasteiger partial charge in [-0.25, -0.2) is 13.6 Å². The number of hydrogen-bond acceptors (Lipinski definition) is 3. The molecule has 0 fully saturated rings. The van der Waals surface area contributed by atoms with E-state index in [1.807, 2.05) is 0 Å². The van der Waals surface area contributed by atoms with E-state index >= 15 is 0 Å². The molecule has 1 heterocycles. The number of benzene rings is 2. The summed E-state index contributed by atoms with van der Waals surface area (Å²) < 4.78 is 31.7. The van der Waals surface area contributed by atoms with E-state index < -0.39 is 23.2 Å². The lowest BCUT2D eigenvalue weighted by Gasteiger charge is -2.01. The minimum atomic E-state index is -0.829. The van der Waals surface area contributed by atoms with Crippen molar-refractivity contribution >= 4 is 16.8 Å². The van der Waals surface area contributed by atoms with Gasteiger partial charge in [0.05, 0.1) is 10.9 Å². The lowest BCUT2D eigenvalue weighted by molar-refractivity contribution is 0.0850. The Hall–Kier alpha value is -2.76. The van der Waals surface area contributed by atoms with Crippen LogP contribution >= 0.6 is 0 Å². The van der Waals surface area contributed by atoms with Crippen LogP contribution in [0.15, 0.2) is 51.8 Å². The average molecular weight is 275 g/mol. The summed E-state index contributed by atoms with van der Waals surface area (Å²) in [5.74, 6) is -1.90. The summed E-state index contributed by atoms with van der Waals surface area (Å²) in [5.41, 5.74) is -0.676. The lowest BCUT2D eigenvalue weighted by atomic mass is 10.2. The van der Waals surface area contributed by atoms with Crippen LogP contribution in [0, 0.1) is 11.6 Å². The average Bonchev–Trinajstić information content (AvgIpc) is 2.75. The third kappa shape index (κ3) is 1.91. The summed E-state index contributed by atoms with van der Waals surface area (Å²) >= 11 is 0. The zero-order valence-corrected chi connectivity index (χ0v) is 9.97. The summed E-state index contributed by atoms with van der Waals surface area (Å²) in [4.78, 5) is 23.8. The van der Waals surface area contributed by atoms with E-state index in [0.717, 1.165) is 22.9 Å². The molecule has 2 aromatic carbocycles. The van der Waals surface area contributed by atoms with Crippen LogP contribution < -0.4 is 5.63 Å². The number of carbonyl (C=O) groups is 1. The van der Waals surface area contributed by atoms with Gasteiger partial charge in [-0.2, -0.15) is 0 Å². The number of halogens is 2. The zero-order chi connectivity index (χ0) is 14.3. The van der Waals surface area contributed by atoms with E-state index in [9.17, 15) is 18.4 Å². The number of rotatable bonds is 1. The van der Waals surface area contributed by atoms with Crippen molar-refractivity contribution < 1.29 is 18.1 Å².